The van der Waals surface area contributed by atoms with E-state index in [0.717, 1.165) is 14.4 Å². The number of rotatable bonds is 5. The molecular formula is C18H16BrN3O3S. The second-order valence-corrected chi connectivity index (χ2v) is 7.80. The number of urea groups is 1. The van der Waals surface area contributed by atoms with Crippen LogP contribution < -0.4 is 10.7 Å². The minimum Gasteiger partial charge on any atom is -0.318 e. The number of nitrogens with one attached hydrogen (secondary N) is 2. The van der Waals surface area contributed by atoms with Crippen molar-refractivity contribution in [1.29, 1.82) is 0 Å². The Morgan fingerprint density at radius 1 is 1.15 bits per heavy atom. The van der Waals surface area contributed by atoms with E-state index < -0.39 is 23.4 Å². The molecule has 1 atom stereocenters. The van der Waals surface area contributed by atoms with Crippen LogP contribution in [0.1, 0.15) is 12.5 Å². The summed E-state index contributed by atoms with van der Waals surface area (Å²) in [5, 5.41) is 3.39. The Morgan fingerprint density at radius 3 is 2.46 bits per heavy atom. The molecule has 26 heavy (non-hydrogen) atoms. The molecule has 8 heteroatoms. The molecule has 0 bridgehead atoms. The fourth-order valence-corrected chi connectivity index (χ4v) is 3.50. The monoisotopic (exact) mass is 433 g/mol. The van der Waals surface area contributed by atoms with Crippen molar-refractivity contribution in [2.45, 2.75) is 17.4 Å². The summed E-state index contributed by atoms with van der Waals surface area (Å²) in [6.07, 6.45) is 0. The number of thioether (sulfide) groups is 1. The van der Waals surface area contributed by atoms with Gasteiger partial charge in [-0.3, -0.25) is 15.0 Å². The summed E-state index contributed by atoms with van der Waals surface area (Å²) in [7, 11) is 0. The predicted molar refractivity (Wildman–Crippen MR) is 102 cm³/mol. The van der Waals surface area contributed by atoms with Gasteiger partial charge in [0, 0.05) is 9.37 Å². The van der Waals surface area contributed by atoms with Crippen LogP contribution in [0.25, 0.3) is 0 Å². The third-order valence-electron chi connectivity index (χ3n) is 3.96. The van der Waals surface area contributed by atoms with Crippen LogP contribution in [0.15, 0.2) is 64.0 Å². The number of hydrazine groups is 1. The lowest BCUT2D eigenvalue weighted by Gasteiger charge is -2.22. The van der Waals surface area contributed by atoms with E-state index in [1.807, 2.05) is 30.3 Å². The Kier molecular flexibility index (Phi) is 5.33. The number of hydrogen-bond acceptors (Lipinski definition) is 4. The first-order valence-corrected chi connectivity index (χ1v) is 9.58. The maximum absolute atomic E-state index is 12.7. The van der Waals surface area contributed by atoms with Gasteiger partial charge in [0.25, 0.3) is 5.91 Å². The minimum atomic E-state index is -1.20. The lowest BCUT2D eigenvalue weighted by Crippen LogP contribution is -2.48. The van der Waals surface area contributed by atoms with Gasteiger partial charge in [-0.25, -0.2) is 4.79 Å². The molecule has 0 aliphatic carbocycles. The predicted octanol–water partition coefficient (Wildman–Crippen LogP) is 3.04. The lowest BCUT2D eigenvalue weighted by molar-refractivity contribution is -0.138. The van der Waals surface area contributed by atoms with Crippen LogP contribution in [0.3, 0.4) is 0 Å². The lowest BCUT2D eigenvalue weighted by atomic mass is 9.92. The van der Waals surface area contributed by atoms with Crippen LogP contribution in [0, 0.1) is 0 Å². The van der Waals surface area contributed by atoms with Gasteiger partial charge in [-0.15, -0.1) is 11.8 Å². The summed E-state index contributed by atoms with van der Waals surface area (Å²) in [6, 6.07) is 15.8. The van der Waals surface area contributed by atoms with Crippen molar-refractivity contribution in [2.24, 2.45) is 0 Å². The molecule has 2 N–H and O–H groups in total. The molecule has 1 unspecified atom stereocenters. The normalized spacial score (nSPS) is 19.4. The number of hydrogen-bond donors (Lipinski definition) is 2. The number of nitrogens with zero attached hydrogens (tertiary/aromatic N) is 1. The van der Waals surface area contributed by atoms with Gasteiger partial charge in [-0.05, 0) is 36.8 Å². The van der Waals surface area contributed by atoms with E-state index in [1.54, 1.807) is 31.2 Å². The molecule has 2 aromatic carbocycles. The summed E-state index contributed by atoms with van der Waals surface area (Å²) in [5.41, 5.74) is 1.84. The van der Waals surface area contributed by atoms with Crippen LogP contribution >= 0.6 is 27.7 Å². The van der Waals surface area contributed by atoms with Gasteiger partial charge in [0.2, 0.25) is 5.91 Å². The highest BCUT2D eigenvalue weighted by molar-refractivity contribution is 9.10. The zero-order valence-electron chi connectivity index (χ0n) is 13.9. The molecule has 134 valence electrons. The number of imide groups is 1. The van der Waals surface area contributed by atoms with E-state index >= 15 is 0 Å². The highest BCUT2D eigenvalue weighted by atomic mass is 79.9. The van der Waals surface area contributed by atoms with Crippen molar-refractivity contribution in [1.82, 2.24) is 15.8 Å². The second kappa shape index (κ2) is 7.51. The summed E-state index contributed by atoms with van der Waals surface area (Å²) in [5.74, 6) is -0.866. The van der Waals surface area contributed by atoms with Crippen LogP contribution in [0.4, 0.5) is 4.79 Å². The first-order chi connectivity index (χ1) is 12.4. The van der Waals surface area contributed by atoms with Gasteiger partial charge in [-0.2, -0.15) is 5.01 Å². The molecule has 1 aliphatic rings. The van der Waals surface area contributed by atoms with Crippen molar-refractivity contribution in [3.63, 3.8) is 0 Å². The third-order valence-corrected chi connectivity index (χ3v) is 5.50. The molecule has 0 saturated carbocycles. The van der Waals surface area contributed by atoms with Gasteiger partial charge >= 0.3 is 6.03 Å². The molecule has 0 spiro atoms. The minimum absolute atomic E-state index is 0.0841. The average molecular weight is 434 g/mol. The second-order valence-electron chi connectivity index (χ2n) is 5.84. The van der Waals surface area contributed by atoms with Crippen molar-refractivity contribution >= 4 is 45.5 Å². The number of benzene rings is 2. The molecule has 3 rings (SSSR count). The summed E-state index contributed by atoms with van der Waals surface area (Å²) in [6.45, 7) is 1.62. The maximum Gasteiger partial charge on any atom is 0.344 e. The Labute approximate surface area is 163 Å². The van der Waals surface area contributed by atoms with Crippen LogP contribution in [0.5, 0.6) is 0 Å². The summed E-state index contributed by atoms with van der Waals surface area (Å²) < 4.78 is 0.950. The SMILES string of the molecule is CC1(c2ccccc2)NC(=O)N(NC(=O)CSc2ccc(Br)cc2)C1=O. The Morgan fingerprint density at radius 2 is 1.81 bits per heavy atom. The Hall–Kier alpha value is -2.32. The molecule has 4 amide bonds. The highest BCUT2D eigenvalue weighted by Gasteiger charge is 2.49. The Bertz CT molecular complexity index is 845. The van der Waals surface area contributed by atoms with E-state index in [-0.39, 0.29) is 5.75 Å². The van der Waals surface area contributed by atoms with Gasteiger partial charge in [-0.1, -0.05) is 46.3 Å². The standard InChI is InChI=1S/C18H16BrN3O3S/c1-18(12-5-3-2-4-6-12)16(24)22(17(25)20-18)21-15(23)11-26-14-9-7-13(19)8-10-14/h2-10H,11H2,1H3,(H,20,25)(H,21,23). The molecular weight excluding hydrogens is 418 g/mol. The first kappa shape index (κ1) is 18.5. The van der Waals surface area contributed by atoms with Crippen LogP contribution in [-0.4, -0.2) is 28.6 Å². The fraction of sp³-hybridized carbons (Fsp3) is 0.167. The molecule has 0 aromatic heterocycles. The zero-order chi connectivity index (χ0) is 18.7. The topological polar surface area (TPSA) is 78.5 Å². The van der Waals surface area contributed by atoms with E-state index in [1.165, 1.54) is 11.8 Å². The number of amides is 4. The molecule has 1 fully saturated rings. The molecule has 6 nitrogen and oxygen atoms in total. The molecule has 1 aliphatic heterocycles. The largest absolute Gasteiger partial charge is 0.344 e. The van der Waals surface area contributed by atoms with E-state index in [0.29, 0.717) is 5.56 Å². The number of halogens is 1. The highest BCUT2D eigenvalue weighted by Crippen LogP contribution is 2.27. The van der Waals surface area contributed by atoms with Crippen molar-refractivity contribution in [3.8, 4) is 0 Å². The first-order valence-electron chi connectivity index (χ1n) is 7.80. The summed E-state index contributed by atoms with van der Waals surface area (Å²) >= 11 is 4.67. The Balaban J connectivity index is 1.64. The molecule has 0 radical (unpaired) electrons. The van der Waals surface area contributed by atoms with E-state index in [4.69, 9.17) is 0 Å². The number of carbonyl (C=O) groups excluding carboxylic acids is 3. The molecule has 1 saturated heterocycles. The van der Waals surface area contributed by atoms with E-state index in [9.17, 15) is 14.4 Å². The van der Waals surface area contributed by atoms with Crippen LogP contribution in [0.2, 0.25) is 0 Å². The fourth-order valence-electron chi connectivity index (χ4n) is 2.54. The average Bonchev–Trinajstić information content (AvgIpc) is 2.86. The van der Waals surface area contributed by atoms with Crippen LogP contribution in [-0.2, 0) is 15.1 Å². The molecule has 1 heterocycles. The van der Waals surface area contributed by atoms with Gasteiger partial charge in [0.15, 0.2) is 0 Å². The third kappa shape index (κ3) is 3.76. The van der Waals surface area contributed by atoms with Gasteiger partial charge in [0.1, 0.15) is 5.54 Å². The number of carbonyl (C=O) groups is 3. The van der Waals surface area contributed by atoms with E-state index in [2.05, 4.69) is 26.7 Å². The van der Waals surface area contributed by atoms with Gasteiger partial charge < -0.3 is 5.32 Å². The molecule has 2 aromatic rings. The quantitative estimate of drug-likeness (QED) is 0.560. The smallest absolute Gasteiger partial charge is 0.318 e. The zero-order valence-corrected chi connectivity index (χ0v) is 16.3. The summed E-state index contributed by atoms with van der Waals surface area (Å²) in [4.78, 5) is 38.0. The van der Waals surface area contributed by atoms with Crippen molar-refractivity contribution in [3.05, 3.63) is 64.6 Å². The van der Waals surface area contributed by atoms with Gasteiger partial charge in [0.05, 0.1) is 5.75 Å². The maximum atomic E-state index is 12.7. The van der Waals surface area contributed by atoms with Crippen molar-refractivity contribution in [2.75, 3.05) is 5.75 Å². The van der Waals surface area contributed by atoms with Crippen molar-refractivity contribution < 1.29 is 14.4 Å².